The SMILES string of the molecule is CO[Si](C(C)C)(C(C)C)C1CCCCC1. The fraction of sp³-hybridized carbons (Fsp3) is 1.00. The van der Waals surface area contributed by atoms with Crippen LogP contribution < -0.4 is 0 Å². The van der Waals surface area contributed by atoms with E-state index in [9.17, 15) is 0 Å². The summed E-state index contributed by atoms with van der Waals surface area (Å²) in [6.07, 6.45) is 7.16. The lowest BCUT2D eigenvalue weighted by molar-refractivity contribution is 0.332. The van der Waals surface area contributed by atoms with E-state index in [1.807, 2.05) is 7.11 Å². The summed E-state index contributed by atoms with van der Waals surface area (Å²) in [5.74, 6) is 0. The monoisotopic (exact) mass is 228 g/mol. The quantitative estimate of drug-likeness (QED) is 0.632. The van der Waals surface area contributed by atoms with Crippen LogP contribution in [0, 0.1) is 0 Å². The van der Waals surface area contributed by atoms with Crippen LogP contribution in [0.2, 0.25) is 16.6 Å². The van der Waals surface area contributed by atoms with Gasteiger partial charge in [-0.05, 0) is 16.6 Å². The van der Waals surface area contributed by atoms with Gasteiger partial charge in [0.25, 0.3) is 0 Å². The van der Waals surface area contributed by atoms with Crippen molar-refractivity contribution < 1.29 is 4.43 Å². The van der Waals surface area contributed by atoms with Crippen molar-refractivity contribution in [2.24, 2.45) is 0 Å². The summed E-state index contributed by atoms with van der Waals surface area (Å²) in [4.78, 5) is 0. The van der Waals surface area contributed by atoms with Crippen LogP contribution in [0.3, 0.4) is 0 Å². The average Bonchev–Trinajstić information content (AvgIpc) is 2.20. The molecule has 0 saturated heterocycles. The fourth-order valence-corrected chi connectivity index (χ4v) is 9.61. The van der Waals surface area contributed by atoms with Gasteiger partial charge < -0.3 is 4.43 Å². The first kappa shape index (κ1) is 13.2. The Balaban J connectivity index is 2.86. The van der Waals surface area contributed by atoms with Crippen LogP contribution in [0.25, 0.3) is 0 Å². The summed E-state index contributed by atoms with van der Waals surface area (Å²) in [5.41, 5.74) is 2.42. The fourth-order valence-electron chi connectivity index (χ4n) is 3.80. The van der Waals surface area contributed by atoms with Gasteiger partial charge in [-0.1, -0.05) is 59.8 Å². The molecule has 0 atom stereocenters. The van der Waals surface area contributed by atoms with Crippen molar-refractivity contribution in [3.63, 3.8) is 0 Å². The van der Waals surface area contributed by atoms with Crippen molar-refractivity contribution in [2.75, 3.05) is 7.11 Å². The van der Waals surface area contributed by atoms with E-state index in [1.54, 1.807) is 0 Å². The van der Waals surface area contributed by atoms with E-state index in [4.69, 9.17) is 4.43 Å². The topological polar surface area (TPSA) is 9.23 Å². The molecule has 0 unspecified atom stereocenters. The van der Waals surface area contributed by atoms with Gasteiger partial charge in [-0.2, -0.15) is 0 Å². The summed E-state index contributed by atoms with van der Waals surface area (Å²) in [6, 6.07) is 0. The van der Waals surface area contributed by atoms with E-state index in [0.29, 0.717) is 0 Å². The first-order valence-corrected chi connectivity index (χ1v) is 8.74. The minimum Gasteiger partial charge on any atom is -0.419 e. The second-order valence-electron chi connectivity index (χ2n) is 5.70. The molecule has 0 amide bonds. The standard InChI is InChI=1S/C13H28OSi/c1-11(2)15(14-5,12(3)4)13-9-7-6-8-10-13/h11-13H,6-10H2,1-5H3. The Morgan fingerprint density at radius 1 is 0.933 bits per heavy atom. The second kappa shape index (κ2) is 5.49. The summed E-state index contributed by atoms with van der Waals surface area (Å²) in [5, 5.41) is 0. The molecule has 1 saturated carbocycles. The van der Waals surface area contributed by atoms with E-state index in [-0.39, 0.29) is 0 Å². The van der Waals surface area contributed by atoms with Crippen LogP contribution in [-0.4, -0.2) is 15.4 Å². The zero-order valence-corrected chi connectivity index (χ0v) is 12.2. The van der Waals surface area contributed by atoms with Gasteiger partial charge >= 0.3 is 0 Å². The number of hydrogen-bond acceptors (Lipinski definition) is 1. The van der Waals surface area contributed by atoms with Crippen LogP contribution in [0.15, 0.2) is 0 Å². The van der Waals surface area contributed by atoms with Crippen LogP contribution >= 0.6 is 0 Å². The Morgan fingerprint density at radius 2 is 1.40 bits per heavy atom. The summed E-state index contributed by atoms with van der Waals surface area (Å²) < 4.78 is 6.14. The molecule has 1 aliphatic carbocycles. The van der Waals surface area contributed by atoms with Gasteiger partial charge in [-0.3, -0.25) is 0 Å². The Labute approximate surface area is 96.7 Å². The largest absolute Gasteiger partial charge is 0.419 e. The maximum atomic E-state index is 6.14. The first-order valence-electron chi connectivity index (χ1n) is 6.60. The highest BCUT2D eigenvalue weighted by Gasteiger charge is 2.47. The molecule has 0 radical (unpaired) electrons. The van der Waals surface area contributed by atoms with Crippen molar-refractivity contribution in [3.8, 4) is 0 Å². The molecule has 1 rings (SSSR count). The van der Waals surface area contributed by atoms with Crippen molar-refractivity contribution in [1.29, 1.82) is 0 Å². The van der Waals surface area contributed by atoms with Crippen LogP contribution in [0.4, 0.5) is 0 Å². The molecule has 15 heavy (non-hydrogen) atoms. The molecule has 90 valence electrons. The molecule has 0 aromatic rings. The average molecular weight is 228 g/mol. The summed E-state index contributed by atoms with van der Waals surface area (Å²) in [6.45, 7) is 9.52. The minimum absolute atomic E-state index is 0.755. The third-order valence-electron chi connectivity index (χ3n) is 4.40. The highest BCUT2D eigenvalue weighted by atomic mass is 28.4. The molecule has 2 heteroatoms. The van der Waals surface area contributed by atoms with E-state index in [0.717, 1.165) is 16.6 Å². The first-order chi connectivity index (χ1) is 7.05. The number of hydrogen-bond donors (Lipinski definition) is 0. The van der Waals surface area contributed by atoms with Crippen LogP contribution in [0.5, 0.6) is 0 Å². The molecule has 1 aliphatic rings. The second-order valence-corrected chi connectivity index (χ2v) is 10.9. The predicted octanol–water partition coefficient (Wildman–Crippen LogP) is 4.73. The molecule has 1 fully saturated rings. The Bertz CT molecular complexity index is 175. The van der Waals surface area contributed by atoms with E-state index < -0.39 is 8.32 Å². The van der Waals surface area contributed by atoms with Gasteiger partial charge in [0.2, 0.25) is 0 Å². The maximum absolute atomic E-state index is 6.14. The summed E-state index contributed by atoms with van der Waals surface area (Å²) in [7, 11) is 0.450. The van der Waals surface area contributed by atoms with Crippen LogP contribution in [-0.2, 0) is 4.43 Å². The van der Waals surface area contributed by atoms with Crippen molar-refractivity contribution in [3.05, 3.63) is 0 Å². The molecule has 0 N–H and O–H groups in total. The third-order valence-corrected chi connectivity index (χ3v) is 10.6. The van der Waals surface area contributed by atoms with Crippen molar-refractivity contribution in [1.82, 2.24) is 0 Å². The Hall–Kier alpha value is 0.177. The molecule has 0 aromatic heterocycles. The van der Waals surface area contributed by atoms with E-state index in [1.165, 1.54) is 32.1 Å². The molecular weight excluding hydrogens is 200 g/mol. The van der Waals surface area contributed by atoms with Gasteiger partial charge in [-0.15, -0.1) is 0 Å². The highest BCUT2D eigenvalue weighted by molar-refractivity contribution is 6.77. The maximum Gasteiger partial charge on any atom is 0.200 e. The van der Waals surface area contributed by atoms with Gasteiger partial charge in [0.1, 0.15) is 0 Å². The lowest BCUT2D eigenvalue weighted by atomic mass is 10.0. The van der Waals surface area contributed by atoms with Gasteiger partial charge in [0.05, 0.1) is 0 Å². The minimum atomic E-state index is -1.52. The molecule has 0 aliphatic heterocycles. The molecule has 0 spiro atoms. The molecule has 0 heterocycles. The zero-order valence-electron chi connectivity index (χ0n) is 11.2. The van der Waals surface area contributed by atoms with Gasteiger partial charge in [0, 0.05) is 7.11 Å². The Morgan fingerprint density at radius 3 is 1.73 bits per heavy atom. The summed E-state index contributed by atoms with van der Waals surface area (Å²) >= 11 is 0. The van der Waals surface area contributed by atoms with E-state index >= 15 is 0 Å². The smallest absolute Gasteiger partial charge is 0.200 e. The van der Waals surface area contributed by atoms with Crippen LogP contribution in [0.1, 0.15) is 59.8 Å². The lowest BCUT2D eigenvalue weighted by Crippen LogP contribution is -2.49. The molecule has 0 bridgehead atoms. The van der Waals surface area contributed by atoms with Gasteiger partial charge in [0.15, 0.2) is 8.32 Å². The van der Waals surface area contributed by atoms with Crippen molar-refractivity contribution >= 4 is 8.32 Å². The predicted molar refractivity (Wildman–Crippen MR) is 69.8 cm³/mol. The molecule has 1 nitrogen and oxygen atoms in total. The Kier molecular flexibility index (Phi) is 4.85. The lowest BCUT2D eigenvalue weighted by Gasteiger charge is -2.45. The zero-order chi connectivity index (χ0) is 11.5. The number of rotatable bonds is 4. The molecular formula is C13H28OSi. The van der Waals surface area contributed by atoms with Gasteiger partial charge in [-0.25, -0.2) is 0 Å². The molecule has 0 aromatic carbocycles. The normalized spacial score (nSPS) is 20.2. The van der Waals surface area contributed by atoms with Crippen molar-refractivity contribution in [2.45, 2.75) is 76.4 Å². The van der Waals surface area contributed by atoms with E-state index in [2.05, 4.69) is 27.7 Å². The third kappa shape index (κ3) is 2.47. The highest BCUT2D eigenvalue weighted by Crippen LogP contribution is 2.48.